The maximum absolute atomic E-state index is 3.72. The van der Waals surface area contributed by atoms with Crippen molar-refractivity contribution in [2.45, 2.75) is 6.92 Å². The van der Waals surface area contributed by atoms with Crippen LogP contribution in [-0.2, 0) is 0 Å². The molecule has 0 unspecified atom stereocenters. The zero-order chi connectivity index (χ0) is 11.1. The van der Waals surface area contributed by atoms with E-state index in [1.165, 1.54) is 11.1 Å². The molecule has 0 fully saturated rings. The van der Waals surface area contributed by atoms with Gasteiger partial charge in [-0.2, -0.15) is 0 Å². The van der Waals surface area contributed by atoms with Crippen LogP contribution in [0, 0.1) is 0 Å². The van der Waals surface area contributed by atoms with Gasteiger partial charge in [-0.3, -0.25) is 0 Å². The molecule has 0 aliphatic carbocycles. The van der Waals surface area contributed by atoms with Crippen molar-refractivity contribution in [1.29, 1.82) is 0 Å². The van der Waals surface area contributed by atoms with E-state index in [1.54, 1.807) is 6.08 Å². The normalized spacial score (nSPS) is 12.4. The number of benzene rings is 1. The highest BCUT2D eigenvalue weighted by Gasteiger charge is 1.91. The molecule has 0 aliphatic heterocycles. The first-order chi connectivity index (χ1) is 7.27. The van der Waals surface area contributed by atoms with Crippen LogP contribution in [0.15, 0.2) is 60.8 Å². The number of allylic oxidation sites excluding steroid dienone is 4. The summed E-state index contributed by atoms with van der Waals surface area (Å²) in [6, 6.07) is 10.3. The summed E-state index contributed by atoms with van der Waals surface area (Å²) in [4.78, 5) is 0. The van der Waals surface area contributed by atoms with E-state index in [4.69, 9.17) is 0 Å². The van der Waals surface area contributed by atoms with E-state index in [0.29, 0.717) is 0 Å². The van der Waals surface area contributed by atoms with Crippen molar-refractivity contribution in [2.24, 2.45) is 0 Å². The first-order valence-electron chi connectivity index (χ1n) is 5.02. The minimum Gasteiger partial charge on any atom is -0.388 e. The number of hydrogen-bond donors (Lipinski definition) is 1. The maximum atomic E-state index is 3.72. The van der Waals surface area contributed by atoms with Crippen LogP contribution in [0.1, 0.15) is 12.5 Å². The van der Waals surface area contributed by atoms with Gasteiger partial charge in [-0.15, -0.1) is 0 Å². The van der Waals surface area contributed by atoms with Gasteiger partial charge in [0.05, 0.1) is 0 Å². The smallest absolute Gasteiger partial charge is 0.0331 e. The average Bonchev–Trinajstić information content (AvgIpc) is 2.31. The summed E-state index contributed by atoms with van der Waals surface area (Å²) in [6.07, 6.45) is 5.91. The minimum atomic E-state index is 1.02. The van der Waals surface area contributed by atoms with Crippen molar-refractivity contribution >= 4 is 5.57 Å². The molecule has 0 radical (unpaired) electrons. The van der Waals surface area contributed by atoms with Gasteiger partial charge in [0.2, 0.25) is 0 Å². The van der Waals surface area contributed by atoms with Crippen molar-refractivity contribution in [2.75, 3.05) is 7.05 Å². The van der Waals surface area contributed by atoms with Crippen molar-refractivity contribution < 1.29 is 0 Å². The van der Waals surface area contributed by atoms with Crippen molar-refractivity contribution in [1.82, 2.24) is 5.32 Å². The van der Waals surface area contributed by atoms with Gasteiger partial charge < -0.3 is 5.32 Å². The summed E-state index contributed by atoms with van der Waals surface area (Å²) in [6.45, 7) is 5.82. The molecule has 0 saturated carbocycles. The topological polar surface area (TPSA) is 12.0 Å². The average molecular weight is 199 g/mol. The molecule has 0 amide bonds. The summed E-state index contributed by atoms with van der Waals surface area (Å²) in [7, 11) is 1.89. The minimum absolute atomic E-state index is 1.02. The van der Waals surface area contributed by atoms with Crippen LogP contribution in [0.2, 0.25) is 0 Å². The van der Waals surface area contributed by atoms with Gasteiger partial charge in [0.25, 0.3) is 0 Å². The lowest BCUT2D eigenvalue weighted by Crippen LogP contribution is -2.01. The maximum Gasteiger partial charge on any atom is 0.0331 e. The molecule has 0 saturated heterocycles. The Kier molecular flexibility index (Phi) is 4.42. The zero-order valence-electron chi connectivity index (χ0n) is 9.33. The van der Waals surface area contributed by atoms with Gasteiger partial charge in [-0.05, 0) is 30.2 Å². The lowest BCUT2D eigenvalue weighted by molar-refractivity contribution is 1.03. The molecule has 0 spiro atoms. The third-order valence-corrected chi connectivity index (χ3v) is 2.25. The molecular weight excluding hydrogens is 182 g/mol. The van der Waals surface area contributed by atoms with Crippen LogP contribution in [-0.4, -0.2) is 7.05 Å². The summed E-state index contributed by atoms with van der Waals surface area (Å²) in [5.41, 5.74) is 3.50. The van der Waals surface area contributed by atoms with E-state index in [1.807, 2.05) is 31.3 Å². The predicted octanol–water partition coefficient (Wildman–Crippen LogP) is 3.38. The van der Waals surface area contributed by atoms with Gasteiger partial charge in [0.15, 0.2) is 0 Å². The molecule has 1 rings (SSSR count). The molecule has 1 aromatic rings. The monoisotopic (exact) mass is 199 g/mol. The number of rotatable bonds is 4. The second-order valence-corrected chi connectivity index (χ2v) is 3.29. The van der Waals surface area contributed by atoms with Crippen LogP contribution in [0.5, 0.6) is 0 Å². The Morgan fingerprint density at radius 2 is 1.87 bits per heavy atom. The Morgan fingerprint density at radius 3 is 2.40 bits per heavy atom. The van der Waals surface area contributed by atoms with Gasteiger partial charge in [-0.1, -0.05) is 43.0 Å². The largest absolute Gasteiger partial charge is 0.388 e. The molecule has 1 nitrogen and oxygen atoms in total. The lowest BCUT2D eigenvalue weighted by atomic mass is 10.1. The Balaban J connectivity index is 2.85. The van der Waals surface area contributed by atoms with E-state index in [-0.39, 0.29) is 0 Å². The fourth-order valence-corrected chi connectivity index (χ4v) is 1.27. The van der Waals surface area contributed by atoms with E-state index < -0.39 is 0 Å². The lowest BCUT2D eigenvalue weighted by Gasteiger charge is -2.00. The van der Waals surface area contributed by atoms with Crippen LogP contribution in [0.4, 0.5) is 0 Å². The van der Waals surface area contributed by atoms with E-state index in [0.717, 1.165) is 5.70 Å². The Morgan fingerprint density at radius 1 is 1.20 bits per heavy atom. The highest BCUT2D eigenvalue weighted by Crippen LogP contribution is 2.12. The molecule has 0 aromatic heterocycles. The molecule has 1 aromatic carbocycles. The summed E-state index contributed by atoms with van der Waals surface area (Å²) >= 11 is 0. The molecule has 0 atom stereocenters. The Hall–Kier alpha value is -1.76. The first-order valence-corrected chi connectivity index (χ1v) is 5.02. The second kappa shape index (κ2) is 5.86. The van der Waals surface area contributed by atoms with Crippen LogP contribution < -0.4 is 5.32 Å². The molecule has 0 bridgehead atoms. The van der Waals surface area contributed by atoms with Crippen molar-refractivity contribution in [3.05, 3.63) is 66.4 Å². The standard InChI is InChI=1S/C14H17N/c1-4-14(15-3)11-10-12(2)13-8-6-5-7-9-13/h4-11,15H,1H2,2-3H3/b12-10+,14-11+. The fraction of sp³-hybridized carbons (Fsp3) is 0.143. The second-order valence-electron chi connectivity index (χ2n) is 3.29. The van der Waals surface area contributed by atoms with Crippen molar-refractivity contribution in [3.8, 4) is 0 Å². The zero-order valence-corrected chi connectivity index (χ0v) is 9.33. The molecular formula is C14H17N. The van der Waals surface area contributed by atoms with E-state index >= 15 is 0 Å². The summed E-state index contributed by atoms with van der Waals surface area (Å²) in [5.74, 6) is 0. The van der Waals surface area contributed by atoms with Gasteiger partial charge in [0.1, 0.15) is 0 Å². The first kappa shape index (κ1) is 11.3. The Labute approximate surface area is 91.8 Å². The van der Waals surface area contributed by atoms with Gasteiger partial charge in [0, 0.05) is 12.7 Å². The molecule has 1 N–H and O–H groups in total. The third kappa shape index (κ3) is 3.47. The van der Waals surface area contributed by atoms with Crippen LogP contribution in [0.3, 0.4) is 0 Å². The SMILES string of the molecule is C=C/C(=C\C=C(/C)c1ccccc1)NC. The molecule has 0 heterocycles. The molecule has 15 heavy (non-hydrogen) atoms. The molecule has 0 aliphatic rings. The fourth-order valence-electron chi connectivity index (χ4n) is 1.27. The summed E-state index contributed by atoms with van der Waals surface area (Å²) < 4.78 is 0. The number of hydrogen-bond acceptors (Lipinski definition) is 1. The number of likely N-dealkylation sites (N-methyl/N-ethyl adjacent to an activating group) is 1. The number of nitrogens with one attached hydrogen (secondary N) is 1. The Bertz CT molecular complexity index is 372. The summed E-state index contributed by atoms with van der Waals surface area (Å²) in [5, 5.41) is 3.06. The van der Waals surface area contributed by atoms with Crippen LogP contribution >= 0.6 is 0 Å². The highest BCUT2D eigenvalue weighted by molar-refractivity contribution is 5.65. The molecule has 78 valence electrons. The predicted molar refractivity (Wildman–Crippen MR) is 67.4 cm³/mol. The van der Waals surface area contributed by atoms with Crippen molar-refractivity contribution in [3.63, 3.8) is 0 Å². The van der Waals surface area contributed by atoms with Gasteiger partial charge in [-0.25, -0.2) is 0 Å². The van der Waals surface area contributed by atoms with Crippen LogP contribution in [0.25, 0.3) is 5.57 Å². The van der Waals surface area contributed by atoms with Gasteiger partial charge >= 0.3 is 0 Å². The van der Waals surface area contributed by atoms with E-state index in [2.05, 4.69) is 37.0 Å². The molecule has 1 heteroatoms. The highest BCUT2D eigenvalue weighted by atomic mass is 14.8. The van der Waals surface area contributed by atoms with E-state index in [9.17, 15) is 0 Å². The third-order valence-electron chi connectivity index (χ3n) is 2.25. The quantitative estimate of drug-likeness (QED) is 0.733.